The van der Waals surface area contributed by atoms with Crippen LogP contribution in [0.5, 0.6) is 0 Å². The van der Waals surface area contributed by atoms with Gasteiger partial charge in [-0.3, -0.25) is 4.90 Å². The quantitative estimate of drug-likeness (QED) is 0.900. The molecule has 1 aliphatic heterocycles. The molecule has 1 aromatic heterocycles. The molecular weight excluding hydrogens is 325 g/mol. The van der Waals surface area contributed by atoms with Crippen molar-refractivity contribution in [2.45, 2.75) is 31.1 Å². The molecule has 0 spiro atoms. The number of anilines is 1. The third kappa shape index (κ3) is 3.56. The molecule has 1 N–H and O–H groups in total. The molecule has 0 amide bonds. The van der Waals surface area contributed by atoms with Crippen molar-refractivity contribution in [1.82, 2.24) is 14.9 Å². The van der Waals surface area contributed by atoms with E-state index in [1.165, 1.54) is 18.3 Å². The second-order valence-corrected chi connectivity index (χ2v) is 5.49. The summed E-state index contributed by atoms with van der Waals surface area (Å²) in [5, 5.41) is 3.14. The van der Waals surface area contributed by atoms with E-state index in [1.54, 1.807) is 6.20 Å². The molecule has 0 radical (unpaired) electrons. The van der Waals surface area contributed by atoms with Crippen molar-refractivity contribution in [1.29, 1.82) is 0 Å². The fourth-order valence-electron chi connectivity index (χ4n) is 2.29. The van der Waals surface area contributed by atoms with Gasteiger partial charge in [-0.15, -0.1) is 0 Å². The lowest BCUT2D eigenvalue weighted by Gasteiger charge is -2.38. The van der Waals surface area contributed by atoms with Crippen molar-refractivity contribution >= 4 is 21.7 Å². The summed E-state index contributed by atoms with van der Waals surface area (Å²) in [5.74, 6) is 0.610. The summed E-state index contributed by atoms with van der Waals surface area (Å²) in [6.45, 7) is 0.334. The first-order chi connectivity index (χ1) is 8.88. The number of likely N-dealkylation sites (tertiary alicyclic amines) is 1. The Bertz CT molecular complexity index is 440. The van der Waals surface area contributed by atoms with Crippen molar-refractivity contribution in [2.75, 3.05) is 18.9 Å². The van der Waals surface area contributed by atoms with Gasteiger partial charge in [0, 0.05) is 18.8 Å². The number of piperidine rings is 1. The zero-order valence-corrected chi connectivity index (χ0v) is 11.9. The molecular formula is C11H14BrF3N4. The maximum absolute atomic E-state index is 12.7. The first-order valence-electron chi connectivity index (χ1n) is 5.87. The van der Waals surface area contributed by atoms with E-state index >= 15 is 0 Å². The maximum atomic E-state index is 12.7. The van der Waals surface area contributed by atoms with Crippen LogP contribution in [-0.4, -0.2) is 46.7 Å². The summed E-state index contributed by atoms with van der Waals surface area (Å²) in [4.78, 5) is 9.24. The number of aromatic nitrogens is 2. The molecule has 0 aliphatic carbocycles. The van der Waals surface area contributed by atoms with Gasteiger partial charge in [0.1, 0.15) is 18.2 Å². The fourth-order valence-corrected chi connectivity index (χ4v) is 2.62. The predicted octanol–water partition coefficient (Wildman–Crippen LogP) is 2.68. The number of alkyl halides is 3. The minimum absolute atomic E-state index is 0.0465. The van der Waals surface area contributed by atoms with Crippen molar-refractivity contribution in [3.63, 3.8) is 0 Å². The van der Waals surface area contributed by atoms with E-state index in [1.807, 2.05) is 0 Å². The number of hydrogen-bond acceptors (Lipinski definition) is 4. The molecule has 8 heteroatoms. The van der Waals surface area contributed by atoms with Crippen LogP contribution in [0.2, 0.25) is 0 Å². The third-order valence-electron chi connectivity index (χ3n) is 3.22. The topological polar surface area (TPSA) is 41.0 Å². The van der Waals surface area contributed by atoms with Crippen LogP contribution in [0, 0.1) is 0 Å². The average molecular weight is 339 g/mol. The lowest BCUT2D eigenvalue weighted by Crippen LogP contribution is -2.52. The van der Waals surface area contributed by atoms with E-state index < -0.39 is 12.2 Å². The molecule has 2 heterocycles. The van der Waals surface area contributed by atoms with Gasteiger partial charge < -0.3 is 5.32 Å². The van der Waals surface area contributed by atoms with Crippen LogP contribution >= 0.6 is 15.9 Å². The molecule has 1 saturated heterocycles. The summed E-state index contributed by atoms with van der Waals surface area (Å²) in [6.07, 6.45) is -0.598. The third-order valence-corrected chi connectivity index (χ3v) is 3.80. The Morgan fingerprint density at radius 2 is 2.16 bits per heavy atom. The van der Waals surface area contributed by atoms with Crippen LogP contribution in [0.15, 0.2) is 17.0 Å². The highest BCUT2D eigenvalue weighted by atomic mass is 79.9. The Balaban J connectivity index is 1.98. The Labute approximate surface area is 117 Å². The van der Waals surface area contributed by atoms with Crippen molar-refractivity contribution in [3.8, 4) is 0 Å². The molecule has 106 valence electrons. The lowest BCUT2D eigenvalue weighted by atomic mass is 9.98. The molecule has 0 bridgehead atoms. The van der Waals surface area contributed by atoms with Gasteiger partial charge in [0.2, 0.25) is 0 Å². The van der Waals surface area contributed by atoms with Crippen LogP contribution in [0.1, 0.15) is 12.8 Å². The van der Waals surface area contributed by atoms with Gasteiger partial charge in [-0.2, -0.15) is 13.2 Å². The molecule has 2 atom stereocenters. The first kappa shape index (κ1) is 14.5. The highest BCUT2D eigenvalue weighted by Gasteiger charge is 2.44. The molecule has 19 heavy (non-hydrogen) atoms. The lowest BCUT2D eigenvalue weighted by molar-refractivity contribution is -0.187. The van der Waals surface area contributed by atoms with Crippen LogP contribution < -0.4 is 5.32 Å². The number of hydrogen-bond donors (Lipinski definition) is 1. The zero-order chi connectivity index (χ0) is 14.0. The van der Waals surface area contributed by atoms with Crippen molar-refractivity contribution in [3.05, 3.63) is 17.0 Å². The van der Waals surface area contributed by atoms with Gasteiger partial charge in [0.05, 0.1) is 4.47 Å². The number of nitrogens with one attached hydrogen (secondary N) is 1. The van der Waals surface area contributed by atoms with Gasteiger partial charge in [-0.05, 0) is 35.8 Å². The van der Waals surface area contributed by atoms with E-state index in [9.17, 15) is 13.2 Å². The van der Waals surface area contributed by atoms with Crippen LogP contribution in [0.4, 0.5) is 19.0 Å². The number of likely N-dealkylation sites (N-methyl/N-ethyl adjacent to an activating group) is 1. The van der Waals surface area contributed by atoms with E-state index in [4.69, 9.17) is 0 Å². The zero-order valence-electron chi connectivity index (χ0n) is 10.3. The molecule has 0 saturated carbocycles. The van der Waals surface area contributed by atoms with Gasteiger partial charge in [-0.25, -0.2) is 9.97 Å². The molecule has 2 rings (SSSR count). The molecule has 1 aliphatic rings. The van der Waals surface area contributed by atoms with E-state index in [2.05, 4.69) is 31.2 Å². The van der Waals surface area contributed by atoms with Crippen molar-refractivity contribution < 1.29 is 13.2 Å². The monoisotopic (exact) mass is 338 g/mol. The summed E-state index contributed by atoms with van der Waals surface area (Å²) in [5.41, 5.74) is 0. The normalized spacial score (nSPS) is 25.3. The molecule has 4 nitrogen and oxygen atoms in total. The second-order valence-electron chi connectivity index (χ2n) is 4.63. The SMILES string of the molecule is CN1CC(Nc2ncncc2Br)CCC1C(F)(F)F. The van der Waals surface area contributed by atoms with Crippen LogP contribution in [0.25, 0.3) is 0 Å². The van der Waals surface area contributed by atoms with Gasteiger partial charge >= 0.3 is 6.18 Å². The average Bonchev–Trinajstić information content (AvgIpc) is 2.30. The molecule has 0 aromatic carbocycles. The van der Waals surface area contributed by atoms with E-state index in [0.29, 0.717) is 23.3 Å². The summed E-state index contributed by atoms with van der Waals surface area (Å²) < 4.78 is 38.9. The van der Waals surface area contributed by atoms with Crippen molar-refractivity contribution in [2.24, 2.45) is 0 Å². The number of rotatable bonds is 2. The highest BCUT2D eigenvalue weighted by molar-refractivity contribution is 9.10. The fraction of sp³-hybridized carbons (Fsp3) is 0.636. The molecule has 2 unspecified atom stereocenters. The summed E-state index contributed by atoms with van der Waals surface area (Å²) >= 11 is 3.30. The summed E-state index contributed by atoms with van der Waals surface area (Å²) in [7, 11) is 1.50. The number of nitrogens with zero attached hydrogens (tertiary/aromatic N) is 3. The minimum Gasteiger partial charge on any atom is -0.365 e. The standard InChI is InChI=1S/C11H14BrF3N4/c1-19-5-7(2-3-9(19)11(13,14)15)18-10-8(12)4-16-6-17-10/h4,6-7,9H,2-3,5H2,1H3,(H,16,17,18). The maximum Gasteiger partial charge on any atom is 0.404 e. The second kappa shape index (κ2) is 5.62. The van der Waals surface area contributed by atoms with Gasteiger partial charge in [-0.1, -0.05) is 0 Å². The highest BCUT2D eigenvalue weighted by Crippen LogP contribution is 2.32. The first-order valence-corrected chi connectivity index (χ1v) is 6.66. The Hall–Kier alpha value is -0.890. The Morgan fingerprint density at radius 1 is 1.42 bits per heavy atom. The van der Waals surface area contributed by atoms with Gasteiger partial charge in [0.25, 0.3) is 0 Å². The van der Waals surface area contributed by atoms with Crippen LogP contribution in [-0.2, 0) is 0 Å². The molecule has 1 fully saturated rings. The summed E-state index contributed by atoms with van der Waals surface area (Å²) in [6, 6.07) is -1.39. The Morgan fingerprint density at radius 3 is 2.74 bits per heavy atom. The van der Waals surface area contributed by atoms with E-state index in [-0.39, 0.29) is 12.5 Å². The van der Waals surface area contributed by atoms with E-state index in [0.717, 1.165) is 0 Å². The largest absolute Gasteiger partial charge is 0.404 e. The molecule has 1 aromatic rings. The predicted molar refractivity (Wildman–Crippen MR) is 68.8 cm³/mol. The number of halogens is 4. The van der Waals surface area contributed by atoms with Crippen LogP contribution in [0.3, 0.4) is 0 Å². The minimum atomic E-state index is -4.16. The Kier molecular flexibility index (Phi) is 4.29. The smallest absolute Gasteiger partial charge is 0.365 e. The van der Waals surface area contributed by atoms with Gasteiger partial charge in [0.15, 0.2) is 0 Å².